The predicted octanol–water partition coefficient (Wildman–Crippen LogP) is 1.21. The number of hydrogen-bond donors (Lipinski definition) is 0. The van der Waals surface area contributed by atoms with E-state index in [1.54, 1.807) is 0 Å². The topological polar surface area (TPSA) is 64.8 Å². The molecule has 1 aromatic rings. The Morgan fingerprint density at radius 3 is 2.47 bits per heavy atom. The first-order chi connectivity index (χ1) is 6.96. The molecule has 15 heavy (non-hydrogen) atoms. The summed E-state index contributed by atoms with van der Waals surface area (Å²) in [7, 11) is -3.30. The monoisotopic (exact) mass is 235 g/mol. The highest BCUT2D eigenvalue weighted by Crippen LogP contribution is 2.11. The second-order valence-electron chi connectivity index (χ2n) is 3.35. The first kappa shape index (κ1) is 12.1. The molecule has 0 N–H and O–H groups in total. The van der Waals surface area contributed by atoms with Gasteiger partial charge in [0.25, 0.3) is 5.16 Å². The third-order valence-corrected chi connectivity index (χ3v) is 2.94. The molecule has 0 unspecified atom stereocenters. The van der Waals surface area contributed by atoms with Gasteiger partial charge in [0.2, 0.25) is 0 Å². The molecule has 0 aliphatic rings. The zero-order chi connectivity index (χ0) is 11.5. The van der Waals surface area contributed by atoms with E-state index < -0.39 is 15.4 Å². The van der Waals surface area contributed by atoms with Gasteiger partial charge in [0.15, 0.2) is 0 Å². The largest absolute Gasteiger partial charge is 0.368 e. The van der Waals surface area contributed by atoms with Gasteiger partial charge in [-0.05, 0) is 6.42 Å². The summed E-state index contributed by atoms with van der Waals surface area (Å²) >= 11 is 0. The number of nitrogens with zero attached hydrogens (tertiary/aromatic N) is 3. The normalized spacial score (nSPS) is 11.9. The second-order valence-corrected chi connectivity index (χ2v) is 4.59. The molecule has 1 rings (SSSR count). The average molecular weight is 235 g/mol. The molecule has 0 aromatic carbocycles. The van der Waals surface area contributed by atoms with Gasteiger partial charge in [-0.25, -0.2) is 0 Å². The van der Waals surface area contributed by atoms with Crippen LogP contribution in [0.25, 0.3) is 0 Å². The van der Waals surface area contributed by atoms with Gasteiger partial charge in [-0.2, -0.15) is 8.42 Å². The van der Waals surface area contributed by atoms with Gasteiger partial charge in [-0.1, -0.05) is 23.7 Å². The van der Waals surface area contributed by atoms with E-state index in [9.17, 15) is 12.3 Å². The Hall–Kier alpha value is -0.980. The van der Waals surface area contributed by atoms with E-state index in [0.29, 0.717) is 12.2 Å². The standard InChI is InChI=1S/C8H14FN3O2S/c1-3-4-5-6-7-10-11-8(12(7)2)15(9,13)14/h3-6H2,1-2H3. The van der Waals surface area contributed by atoms with E-state index in [1.807, 2.05) is 0 Å². The third kappa shape index (κ3) is 2.98. The van der Waals surface area contributed by atoms with Crippen LogP contribution in [0.1, 0.15) is 32.0 Å². The Kier molecular flexibility index (Phi) is 3.78. The molecule has 0 saturated heterocycles. The highest BCUT2D eigenvalue weighted by atomic mass is 32.3. The van der Waals surface area contributed by atoms with Crippen LogP contribution in [0.2, 0.25) is 0 Å². The van der Waals surface area contributed by atoms with Crippen molar-refractivity contribution in [3.8, 4) is 0 Å². The van der Waals surface area contributed by atoms with Gasteiger partial charge in [0, 0.05) is 13.5 Å². The predicted molar refractivity (Wildman–Crippen MR) is 52.5 cm³/mol. The van der Waals surface area contributed by atoms with E-state index in [4.69, 9.17) is 0 Å². The fourth-order valence-electron chi connectivity index (χ4n) is 1.31. The van der Waals surface area contributed by atoms with Crippen molar-refractivity contribution in [2.24, 2.45) is 7.05 Å². The van der Waals surface area contributed by atoms with Crippen molar-refractivity contribution >= 4 is 10.2 Å². The summed E-state index contributed by atoms with van der Waals surface area (Å²) in [6.07, 6.45) is 3.61. The lowest BCUT2D eigenvalue weighted by Gasteiger charge is -2.00. The Bertz CT molecular complexity index is 427. The number of aryl methyl sites for hydroxylation is 1. The Morgan fingerprint density at radius 2 is 2.00 bits per heavy atom. The van der Waals surface area contributed by atoms with Crippen molar-refractivity contribution in [2.45, 2.75) is 37.8 Å². The van der Waals surface area contributed by atoms with E-state index in [-0.39, 0.29) is 0 Å². The molecule has 5 nitrogen and oxygen atoms in total. The van der Waals surface area contributed by atoms with E-state index >= 15 is 0 Å². The maximum atomic E-state index is 12.6. The van der Waals surface area contributed by atoms with Crippen molar-refractivity contribution in [2.75, 3.05) is 0 Å². The molecule has 0 aliphatic carbocycles. The quantitative estimate of drug-likeness (QED) is 0.568. The van der Waals surface area contributed by atoms with Gasteiger partial charge in [-0.15, -0.1) is 10.2 Å². The Labute approximate surface area is 88.5 Å². The zero-order valence-electron chi connectivity index (χ0n) is 8.77. The van der Waals surface area contributed by atoms with Crippen molar-refractivity contribution in [3.63, 3.8) is 0 Å². The lowest BCUT2D eigenvalue weighted by atomic mass is 10.2. The van der Waals surface area contributed by atoms with Crippen LogP contribution >= 0.6 is 0 Å². The molecule has 0 radical (unpaired) electrons. The summed E-state index contributed by atoms with van der Waals surface area (Å²) in [5, 5.41) is 6.35. The van der Waals surface area contributed by atoms with Gasteiger partial charge in [-0.3, -0.25) is 0 Å². The highest BCUT2D eigenvalue weighted by Gasteiger charge is 2.21. The molecule has 0 amide bonds. The van der Waals surface area contributed by atoms with Crippen LogP contribution in [0.3, 0.4) is 0 Å². The highest BCUT2D eigenvalue weighted by molar-refractivity contribution is 7.86. The fraction of sp³-hybridized carbons (Fsp3) is 0.750. The van der Waals surface area contributed by atoms with Gasteiger partial charge in [0.1, 0.15) is 5.82 Å². The summed E-state index contributed by atoms with van der Waals surface area (Å²) in [4.78, 5) is 0. The third-order valence-electron chi connectivity index (χ3n) is 2.15. The average Bonchev–Trinajstić information content (AvgIpc) is 2.47. The number of unbranched alkanes of at least 4 members (excludes halogenated alkanes) is 2. The Morgan fingerprint density at radius 1 is 1.33 bits per heavy atom. The van der Waals surface area contributed by atoms with Crippen LogP contribution in [0.5, 0.6) is 0 Å². The van der Waals surface area contributed by atoms with E-state index in [0.717, 1.165) is 19.3 Å². The summed E-state index contributed by atoms with van der Waals surface area (Å²) in [5.41, 5.74) is 0. The van der Waals surface area contributed by atoms with Crippen molar-refractivity contribution in [3.05, 3.63) is 5.82 Å². The number of rotatable bonds is 5. The van der Waals surface area contributed by atoms with Crippen LogP contribution in [0.15, 0.2) is 5.16 Å². The van der Waals surface area contributed by atoms with Crippen molar-refractivity contribution in [1.82, 2.24) is 14.8 Å². The second kappa shape index (κ2) is 4.69. The van der Waals surface area contributed by atoms with Crippen LogP contribution < -0.4 is 0 Å². The Balaban J connectivity index is 2.81. The minimum atomic E-state index is -4.75. The van der Waals surface area contributed by atoms with Crippen molar-refractivity contribution in [1.29, 1.82) is 0 Å². The molecular formula is C8H14FN3O2S. The molecule has 0 bridgehead atoms. The first-order valence-corrected chi connectivity index (χ1v) is 6.18. The van der Waals surface area contributed by atoms with Gasteiger partial charge in [0.05, 0.1) is 0 Å². The molecule has 0 fully saturated rings. The first-order valence-electron chi connectivity index (χ1n) is 4.79. The molecule has 0 atom stereocenters. The minimum Gasteiger partial charge on any atom is -0.303 e. The SMILES string of the molecule is CCCCCc1nnc(S(=O)(=O)F)n1C. The van der Waals surface area contributed by atoms with Gasteiger partial charge < -0.3 is 4.57 Å². The lowest BCUT2D eigenvalue weighted by Crippen LogP contribution is -2.05. The minimum absolute atomic E-state index is 0.500. The summed E-state index contributed by atoms with van der Waals surface area (Å²) in [5.74, 6) is 0.500. The smallest absolute Gasteiger partial charge is 0.303 e. The molecule has 0 saturated carbocycles. The summed E-state index contributed by atoms with van der Waals surface area (Å²) < 4.78 is 35.0. The molecule has 0 aliphatic heterocycles. The zero-order valence-corrected chi connectivity index (χ0v) is 9.59. The van der Waals surface area contributed by atoms with Crippen LogP contribution in [-0.4, -0.2) is 23.2 Å². The number of halogens is 1. The number of hydrogen-bond acceptors (Lipinski definition) is 4. The maximum absolute atomic E-state index is 12.6. The molecule has 7 heteroatoms. The van der Waals surface area contributed by atoms with Crippen LogP contribution in [0, 0.1) is 0 Å². The molecule has 1 aromatic heterocycles. The molecule has 86 valence electrons. The fourth-order valence-corrected chi connectivity index (χ4v) is 1.88. The van der Waals surface area contributed by atoms with E-state index in [2.05, 4.69) is 17.1 Å². The lowest BCUT2D eigenvalue weighted by molar-refractivity contribution is 0.531. The van der Waals surface area contributed by atoms with Gasteiger partial charge >= 0.3 is 10.2 Å². The number of aromatic nitrogens is 3. The molecular weight excluding hydrogens is 221 g/mol. The van der Waals surface area contributed by atoms with Crippen molar-refractivity contribution < 1.29 is 12.3 Å². The van der Waals surface area contributed by atoms with Crippen LogP contribution in [0.4, 0.5) is 3.89 Å². The maximum Gasteiger partial charge on any atom is 0.368 e. The van der Waals surface area contributed by atoms with Crippen LogP contribution in [-0.2, 0) is 23.7 Å². The molecule has 0 spiro atoms. The summed E-state index contributed by atoms with van der Waals surface area (Å²) in [6, 6.07) is 0. The molecule has 1 heterocycles. The van der Waals surface area contributed by atoms with E-state index in [1.165, 1.54) is 11.6 Å². The summed E-state index contributed by atoms with van der Waals surface area (Å²) in [6.45, 7) is 2.06.